The first-order valence-corrected chi connectivity index (χ1v) is 5.71. The van der Waals surface area contributed by atoms with E-state index in [9.17, 15) is 9.59 Å². The molecule has 96 valence electrons. The number of amides is 1. The molecule has 1 aliphatic heterocycles. The Balaban J connectivity index is 1.81. The monoisotopic (exact) mass is 250 g/mol. The Labute approximate surface area is 104 Å². The lowest BCUT2D eigenvalue weighted by molar-refractivity contribution is -0.141. The van der Waals surface area contributed by atoms with E-state index in [2.05, 4.69) is 4.98 Å². The highest BCUT2D eigenvalue weighted by molar-refractivity contribution is 5.74. The molecule has 1 N–H and O–H groups in total. The molecule has 0 bridgehead atoms. The van der Waals surface area contributed by atoms with Crippen LogP contribution in [0.1, 0.15) is 12.1 Å². The van der Waals surface area contributed by atoms with Gasteiger partial charge in [-0.1, -0.05) is 6.07 Å². The van der Waals surface area contributed by atoms with Crippen LogP contribution in [0.25, 0.3) is 0 Å². The van der Waals surface area contributed by atoms with Crippen molar-refractivity contribution >= 4 is 12.1 Å². The van der Waals surface area contributed by atoms with E-state index in [-0.39, 0.29) is 13.2 Å². The molecular weight excluding hydrogens is 236 g/mol. The molecular formula is C12H14N2O4. The second-order valence-corrected chi connectivity index (χ2v) is 4.15. The summed E-state index contributed by atoms with van der Waals surface area (Å²) in [6.45, 7) is 0.752. The lowest BCUT2D eigenvalue weighted by Gasteiger charge is -2.15. The molecule has 2 rings (SSSR count). The smallest absolute Gasteiger partial charge is 0.410 e. The number of ether oxygens (including phenoxy) is 1. The SMILES string of the molecule is O=C(O)C1CCN(C(=O)OCc2ccccn2)C1. The molecule has 1 fully saturated rings. The van der Waals surface area contributed by atoms with Gasteiger partial charge in [-0.25, -0.2) is 4.79 Å². The predicted octanol–water partition coefficient (Wildman–Crippen LogP) is 1.12. The van der Waals surface area contributed by atoms with Gasteiger partial charge in [0.25, 0.3) is 0 Å². The zero-order chi connectivity index (χ0) is 13.0. The van der Waals surface area contributed by atoms with E-state index in [1.807, 2.05) is 6.07 Å². The van der Waals surface area contributed by atoms with Crippen molar-refractivity contribution in [3.05, 3.63) is 30.1 Å². The summed E-state index contributed by atoms with van der Waals surface area (Å²) in [5.74, 6) is -1.34. The summed E-state index contributed by atoms with van der Waals surface area (Å²) in [6, 6.07) is 5.35. The number of hydrogen-bond acceptors (Lipinski definition) is 4. The van der Waals surface area contributed by atoms with E-state index in [0.717, 1.165) is 0 Å². The third kappa shape index (κ3) is 2.97. The molecule has 0 spiro atoms. The third-order valence-electron chi connectivity index (χ3n) is 2.87. The molecule has 0 radical (unpaired) electrons. The summed E-state index contributed by atoms with van der Waals surface area (Å²) in [5, 5.41) is 8.83. The first-order chi connectivity index (χ1) is 8.66. The first-order valence-electron chi connectivity index (χ1n) is 5.71. The lowest BCUT2D eigenvalue weighted by Crippen LogP contribution is -2.30. The van der Waals surface area contributed by atoms with E-state index in [0.29, 0.717) is 18.7 Å². The van der Waals surface area contributed by atoms with Gasteiger partial charge in [-0.2, -0.15) is 0 Å². The fraction of sp³-hybridized carbons (Fsp3) is 0.417. The fourth-order valence-electron chi connectivity index (χ4n) is 1.84. The second kappa shape index (κ2) is 5.48. The maximum Gasteiger partial charge on any atom is 0.410 e. The van der Waals surface area contributed by atoms with E-state index < -0.39 is 18.0 Å². The summed E-state index contributed by atoms with van der Waals surface area (Å²) in [5.41, 5.74) is 0.667. The highest BCUT2D eigenvalue weighted by atomic mass is 16.6. The minimum atomic E-state index is -0.866. The molecule has 2 heterocycles. The van der Waals surface area contributed by atoms with Crippen LogP contribution in [0.3, 0.4) is 0 Å². The van der Waals surface area contributed by atoms with Gasteiger partial charge in [0.05, 0.1) is 11.6 Å². The van der Waals surface area contributed by atoms with Crippen LogP contribution in [0, 0.1) is 5.92 Å². The Morgan fingerprint density at radius 2 is 2.33 bits per heavy atom. The number of carbonyl (C=O) groups is 2. The number of hydrogen-bond donors (Lipinski definition) is 1. The van der Waals surface area contributed by atoms with Gasteiger partial charge in [0.1, 0.15) is 6.61 Å². The minimum absolute atomic E-state index is 0.105. The number of likely N-dealkylation sites (tertiary alicyclic amines) is 1. The van der Waals surface area contributed by atoms with Crippen LogP contribution in [0.15, 0.2) is 24.4 Å². The van der Waals surface area contributed by atoms with Crippen LogP contribution in [0.4, 0.5) is 4.79 Å². The maximum atomic E-state index is 11.7. The first kappa shape index (κ1) is 12.3. The Hall–Kier alpha value is -2.11. The number of carboxylic acid groups (broad SMARTS) is 1. The predicted molar refractivity (Wildman–Crippen MR) is 61.7 cm³/mol. The van der Waals surface area contributed by atoms with E-state index in [1.54, 1.807) is 18.3 Å². The van der Waals surface area contributed by atoms with E-state index in [1.165, 1.54) is 4.90 Å². The molecule has 0 saturated carbocycles. The van der Waals surface area contributed by atoms with Gasteiger partial charge in [-0.15, -0.1) is 0 Å². The summed E-state index contributed by atoms with van der Waals surface area (Å²) in [4.78, 5) is 27.9. The number of nitrogens with zero attached hydrogens (tertiary/aromatic N) is 2. The van der Waals surface area contributed by atoms with Gasteiger partial charge < -0.3 is 14.7 Å². The van der Waals surface area contributed by atoms with Crippen LogP contribution in [-0.4, -0.2) is 40.1 Å². The van der Waals surface area contributed by atoms with Gasteiger partial charge in [0, 0.05) is 19.3 Å². The molecule has 1 aromatic heterocycles. The molecule has 0 aromatic carbocycles. The van der Waals surface area contributed by atoms with Crippen molar-refractivity contribution < 1.29 is 19.4 Å². The van der Waals surface area contributed by atoms with Crippen molar-refractivity contribution in [3.63, 3.8) is 0 Å². The average Bonchev–Trinajstić information content (AvgIpc) is 2.87. The molecule has 1 aromatic rings. The summed E-state index contributed by atoms with van der Waals surface area (Å²) in [7, 11) is 0. The van der Waals surface area contributed by atoms with Crippen molar-refractivity contribution in [3.8, 4) is 0 Å². The second-order valence-electron chi connectivity index (χ2n) is 4.15. The third-order valence-corrected chi connectivity index (χ3v) is 2.87. The zero-order valence-corrected chi connectivity index (χ0v) is 9.78. The number of carboxylic acids is 1. The Bertz CT molecular complexity index is 435. The lowest BCUT2D eigenvalue weighted by atomic mass is 10.1. The van der Waals surface area contributed by atoms with Gasteiger partial charge in [-0.05, 0) is 18.6 Å². The molecule has 1 aliphatic rings. The largest absolute Gasteiger partial charge is 0.481 e. The maximum absolute atomic E-state index is 11.7. The summed E-state index contributed by atoms with van der Waals surface area (Å²) in [6.07, 6.45) is 1.62. The van der Waals surface area contributed by atoms with Crippen LogP contribution in [-0.2, 0) is 16.1 Å². The number of pyridine rings is 1. The van der Waals surface area contributed by atoms with Gasteiger partial charge in [-0.3, -0.25) is 9.78 Å². The zero-order valence-electron chi connectivity index (χ0n) is 9.78. The van der Waals surface area contributed by atoms with Crippen molar-refractivity contribution in [1.82, 2.24) is 9.88 Å². The van der Waals surface area contributed by atoms with Crippen LogP contribution >= 0.6 is 0 Å². The Kier molecular flexibility index (Phi) is 3.76. The molecule has 1 amide bonds. The number of carbonyl (C=O) groups excluding carboxylic acids is 1. The topological polar surface area (TPSA) is 79.7 Å². The van der Waals surface area contributed by atoms with Gasteiger partial charge in [0.15, 0.2) is 0 Å². The van der Waals surface area contributed by atoms with E-state index >= 15 is 0 Å². The molecule has 1 atom stereocenters. The number of rotatable bonds is 3. The quantitative estimate of drug-likeness (QED) is 0.869. The number of aliphatic carboxylic acids is 1. The van der Waals surface area contributed by atoms with Crippen molar-refractivity contribution in [2.75, 3.05) is 13.1 Å². The Morgan fingerprint density at radius 1 is 1.50 bits per heavy atom. The minimum Gasteiger partial charge on any atom is -0.481 e. The molecule has 1 unspecified atom stereocenters. The molecule has 6 nitrogen and oxygen atoms in total. The normalized spacial score (nSPS) is 18.7. The van der Waals surface area contributed by atoms with Crippen LogP contribution in [0.2, 0.25) is 0 Å². The molecule has 18 heavy (non-hydrogen) atoms. The van der Waals surface area contributed by atoms with Gasteiger partial charge in [0.2, 0.25) is 0 Å². The van der Waals surface area contributed by atoms with E-state index in [4.69, 9.17) is 9.84 Å². The molecule has 0 aliphatic carbocycles. The summed E-state index contributed by atoms with van der Waals surface area (Å²) >= 11 is 0. The van der Waals surface area contributed by atoms with Crippen LogP contribution in [0.5, 0.6) is 0 Å². The molecule has 1 saturated heterocycles. The fourth-order valence-corrected chi connectivity index (χ4v) is 1.84. The van der Waals surface area contributed by atoms with Crippen LogP contribution < -0.4 is 0 Å². The average molecular weight is 250 g/mol. The summed E-state index contributed by atoms with van der Waals surface area (Å²) < 4.78 is 5.07. The van der Waals surface area contributed by atoms with Gasteiger partial charge >= 0.3 is 12.1 Å². The number of aromatic nitrogens is 1. The molecule has 6 heteroatoms. The standard InChI is InChI=1S/C12H14N2O4/c15-11(16)9-4-6-14(7-9)12(17)18-8-10-3-1-2-5-13-10/h1-3,5,9H,4,6-8H2,(H,15,16). The van der Waals surface area contributed by atoms with Crippen molar-refractivity contribution in [1.29, 1.82) is 0 Å². The highest BCUT2D eigenvalue weighted by Crippen LogP contribution is 2.17. The van der Waals surface area contributed by atoms with Crippen molar-refractivity contribution in [2.45, 2.75) is 13.0 Å². The Morgan fingerprint density at radius 3 is 2.94 bits per heavy atom. The van der Waals surface area contributed by atoms with Crippen molar-refractivity contribution in [2.24, 2.45) is 5.92 Å². The highest BCUT2D eigenvalue weighted by Gasteiger charge is 2.31.